The van der Waals surface area contributed by atoms with E-state index in [1.807, 2.05) is 60.7 Å². The second-order valence-electron chi connectivity index (χ2n) is 3.06. The molecule has 3 heteroatoms. The fourth-order valence-corrected chi connectivity index (χ4v) is 1.79. The number of benzene rings is 2. The molecule has 2 aromatic rings. The molecule has 0 saturated heterocycles. The standard InChI is InChI=1S/C7H7BrOS.C6H6/c1-10(9)7-4-2-6(8)3-5-7;1-2-4-6-5-3-1/h2-5H,1H3;1-6H. The van der Waals surface area contributed by atoms with Crippen LogP contribution in [0.5, 0.6) is 0 Å². The summed E-state index contributed by atoms with van der Waals surface area (Å²) in [6.45, 7) is 0. The molecule has 0 fully saturated rings. The third kappa shape index (κ3) is 5.24. The van der Waals surface area contributed by atoms with Crippen molar-refractivity contribution in [2.45, 2.75) is 4.90 Å². The van der Waals surface area contributed by atoms with Crippen molar-refractivity contribution in [2.24, 2.45) is 0 Å². The Hall–Kier alpha value is -0.930. The quantitative estimate of drug-likeness (QED) is 0.781. The van der Waals surface area contributed by atoms with E-state index in [1.54, 1.807) is 6.26 Å². The van der Waals surface area contributed by atoms with Gasteiger partial charge in [0.2, 0.25) is 0 Å². The predicted octanol–water partition coefficient (Wildman–Crippen LogP) is 3.87. The van der Waals surface area contributed by atoms with Gasteiger partial charge in [-0.05, 0) is 24.3 Å². The minimum Gasteiger partial charge on any atom is -0.255 e. The molecule has 0 heterocycles. The van der Waals surface area contributed by atoms with Crippen LogP contribution < -0.4 is 0 Å². The zero-order chi connectivity index (χ0) is 11.8. The summed E-state index contributed by atoms with van der Waals surface area (Å²) in [5.41, 5.74) is 0. The van der Waals surface area contributed by atoms with E-state index in [2.05, 4.69) is 15.9 Å². The topological polar surface area (TPSA) is 17.1 Å². The van der Waals surface area contributed by atoms with Crippen LogP contribution in [0, 0.1) is 0 Å². The van der Waals surface area contributed by atoms with E-state index < -0.39 is 10.8 Å². The van der Waals surface area contributed by atoms with E-state index in [4.69, 9.17) is 0 Å². The molecule has 0 bridgehead atoms. The van der Waals surface area contributed by atoms with Gasteiger partial charge in [0.1, 0.15) is 0 Å². The zero-order valence-corrected chi connectivity index (χ0v) is 11.4. The van der Waals surface area contributed by atoms with Crippen LogP contribution >= 0.6 is 15.9 Å². The molecule has 1 atom stereocenters. The lowest BCUT2D eigenvalue weighted by Gasteiger charge is -1.93. The number of halogens is 1. The van der Waals surface area contributed by atoms with Crippen molar-refractivity contribution in [1.29, 1.82) is 0 Å². The first-order chi connectivity index (χ1) is 7.70. The molecule has 0 aliphatic rings. The first-order valence-electron chi connectivity index (χ1n) is 4.79. The molecular weight excluding hydrogens is 284 g/mol. The Kier molecular flexibility index (Phi) is 6.04. The Labute approximate surface area is 107 Å². The highest BCUT2D eigenvalue weighted by Crippen LogP contribution is 2.11. The van der Waals surface area contributed by atoms with Crippen molar-refractivity contribution in [2.75, 3.05) is 6.26 Å². The molecule has 0 amide bonds. The van der Waals surface area contributed by atoms with Gasteiger partial charge >= 0.3 is 0 Å². The van der Waals surface area contributed by atoms with E-state index in [0.717, 1.165) is 9.37 Å². The van der Waals surface area contributed by atoms with Gasteiger partial charge in [0, 0.05) is 26.4 Å². The van der Waals surface area contributed by atoms with Crippen LogP contribution in [0.25, 0.3) is 0 Å². The molecule has 0 N–H and O–H groups in total. The first kappa shape index (κ1) is 13.1. The average molecular weight is 297 g/mol. The first-order valence-corrected chi connectivity index (χ1v) is 7.14. The fraction of sp³-hybridized carbons (Fsp3) is 0.0769. The lowest BCUT2D eigenvalue weighted by Crippen LogP contribution is -1.84. The smallest absolute Gasteiger partial charge is 0.0498 e. The van der Waals surface area contributed by atoms with Gasteiger partial charge in [-0.25, -0.2) is 0 Å². The van der Waals surface area contributed by atoms with E-state index in [1.165, 1.54) is 0 Å². The normalized spacial score (nSPS) is 11.1. The molecule has 0 saturated carbocycles. The largest absolute Gasteiger partial charge is 0.255 e. The van der Waals surface area contributed by atoms with Crippen LogP contribution in [0.1, 0.15) is 0 Å². The second-order valence-corrected chi connectivity index (χ2v) is 5.36. The molecule has 1 nitrogen and oxygen atoms in total. The molecule has 16 heavy (non-hydrogen) atoms. The third-order valence-corrected chi connectivity index (χ3v) is 3.28. The van der Waals surface area contributed by atoms with Crippen molar-refractivity contribution in [3.63, 3.8) is 0 Å². The van der Waals surface area contributed by atoms with Gasteiger partial charge in [0.15, 0.2) is 0 Å². The Morgan fingerprint density at radius 2 is 1.25 bits per heavy atom. The van der Waals surface area contributed by atoms with Crippen LogP contribution in [0.2, 0.25) is 0 Å². The summed E-state index contributed by atoms with van der Waals surface area (Å²) >= 11 is 3.30. The van der Waals surface area contributed by atoms with E-state index in [0.29, 0.717) is 0 Å². The van der Waals surface area contributed by atoms with Gasteiger partial charge in [-0.1, -0.05) is 52.3 Å². The Balaban J connectivity index is 0.000000181. The Morgan fingerprint density at radius 3 is 1.56 bits per heavy atom. The van der Waals surface area contributed by atoms with Crippen LogP contribution in [-0.2, 0) is 10.8 Å². The van der Waals surface area contributed by atoms with Crippen molar-refractivity contribution in [3.05, 3.63) is 65.1 Å². The predicted molar refractivity (Wildman–Crippen MR) is 72.9 cm³/mol. The molecule has 0 aromatic heterocycles. The maximum atomic E-state index is 10.9. The second kappa shape index (κ2) is 7.36. The van der Waals surface area contributed by atoms with Crippen molar-refractivity contribution in [3.8, 4) is 0 Å². The van der Waals surface area contributed by atoms with E-state index in [-0.39, 0.29) is 0 Å². The Morgan fingerprint density at radius 1 is 0.875 bits per heavy atom. The molecular formula is C13H13BrOS. The molecule has 0 radical (unpaired) electrons. The van der Waals surface area contributed by atoms with Crippen LogP contribution in [0.4, 0.5) is 0 Å². The fourth-order valence-electron chi connectivity index (χ4n) is 1.01. The third-order valence-electron chi connectivity index (χ3n) is 1.81. The minimum absolute atomic E-state index is 0.858. The van der Waals surface area contributed by atoms with Crippen LogP contribution in [0.3, 0.4) is 0 Å². The van der Waals surface area contributed by atoms with Gasteiger partial charge in [0.05, 0.1) is 0 Å². The van der Waals surface area contributed by atoms with Gasteiger partial charge in [-0.3, -0.25) is 4.21 Å². The lowest BCUT2D eigenvalue weighted by molar-refractivity contribution is 0.687. The van der Waals surface area contributed by atoms with Gasteiger partial charge in [-0.15, -0.1) is 0 Å². The van der Waals surface area contributed by atoms with Gasteiger partial charge in [0.25, 0.3) is 0 Å². The number of rotatable bonds is 1. The summed E-state index contributed by atoms with van der Waals surface area (Å²) in [5.74, 6) is 0. The highest BCUT2D eigenvalue weighted by Gasteiger charge is 1.94. The Bertz CT molecular complexity index is 399. The number of hydrogen-bond acceptors (Lipinski definition) is 1. The highest BCUT2D eigenvalue weighted by molar-refractivity contribution is 9.10. The summed E-state index contributed by atoms with van der Waals surface area (Å²) in [7, 11) is -0.858. The molecule has 0 spiro atoms. The SMILES string of the molecule is CS(=O)c1ccc(Br)cc1.c1ccccc1. The summed E-state index contributed by atoms with van der Waals surface area (Å²) < 4.78 is 11.9. The molecule has 1 unspecified atom stereocenters. The zero-order valence-electron chi connectivity index (χ0n) is 8.97. The lowest BCUT2D eigenvalue weighted by atomic mass is 10.4. The van der Waals surface area contributed by atoms with Gasteiger partial charge < -0.3 is 0 Å². The van der Waals surface area contributed by atoms with Crippen LogP contribution in [0.15, 0.2) is 70.0 Å². The maximum absolute atomic E-state index is 10.9. The monoisotopic (exact) mass is 296 g/mol. The van der Waals surface area contributed by atoms with Crippen molar-refractivity contribution < 1.29 is 4.21 Å². The highest BCUT2D eigenvalue weighted by atomic mass is 79.9. The molecule has 0 aliphatic carbocycles. The molecule has 0 aliphatic heterocycles. The molecule has 2 aromatic carbocycles. The van der Waals surface area contributed by atoms with Crippen LogP contribution in [-0.4, -0.2) is 10.5 Å². The van der Waals surface area contributed by atoms with Crippen molar-refractivity contribution >= 4 is 26.7 Å². The summed E-state index contributed by atoms with van der Waals surface area (Å²) in [6, 6.07) is 19.5. The van der Waals surface area contributed by atoms with Gasteiger partial charge in [-0.2, -0.15) is 0 Å². The maximum Gasteiger partial charge on any atom is 0.0498 e. The summed E-state index contributed by atoms with van der Waals surface area (Å²) in [5, 5.41) is 0. The molecule has 2 rings (SSSR count). The average Bonchev–Trinajstić information content (AvgIpc) is 2.32. The summed E-state index contributed by atoms with van der Waals surface area (Å²) in [6.07, 6.45) is 1.67. The minimum atomic E-state index is -0.858. The van der Waals surface area contributed by atoms with E-state index in [9.17, 15) is 4.21 Å². The number of hydrogen-bond donors (Lipinski definition) is 0. The molecule has 84 valence electrons. The van der Waals surface area contributed by atoms with Crippen molar-refractivity contribution in [1.82, 2.24) is 0 Å². The van der Waals surface area contributed by atoms with E-state index >= 15 is 0 Å². The summed E-state index contributed by atoms with van der Waals surface area (Å²) in [4.78, 5) is 0.864.